The van der Waals surface area contributed by atoms with Crippen LogP contribution in [0.2, 0.25) is 0 Å². The minimum Gasteiger partial charge on any atom is -0.335 e. The molecule has 0 spiro atoms. The van der Waals surface area contributed by atoms with Gasteiger partial charge in [0, 0.05) is 24.5 Å². The zero-order chi connectivity index (χ0) is 22.8. The number of amides is 1. The smallest absolute Gasteiger partial charge is 0.254 e. The van der Waals surface area contributed by atoms with Gasteiger partial charge in [-0.2, -0.15) is 0 Å². The number of pyridine rings is 1. The standard InChI is InChI=1S/C30H34N2O/c1-21(24-7-4-3-5-8-24)26-15-12-23(20-26)19-22-10-13-25(14-11-22)30(33)32(2)29-17-16-28-27(29)9-6-18-31-28/h3-11,13-14,18,21,23,26,29H,12,15-17,19-20H2,1-2H3/t21-,23+,26+,29?/m1/s1. The summed E-state index contributed by atoms with van der Waals surface area (Å²) in [5.41, 5.74) is 5.93. The van der Waals surface area contributed by atoms with Crippen LogP contribution in [-0.4, -0.2) is 22.8 Å². The topological polar surface area (TPSA) is 33.2 Å². The first-order valence-electron chi connectivity index (χ1n) is 12.4. The summed E-state index contributed by atoms with van der Waals surface area (Å²) in [6, 6.07) is 23.5. The van der Waals surface area contributed by atoms with Gasteiger partial charge in [0.2, 0.25) is 0 Å². The number of fused-ring (bicyclic) bond motifs is 1. The normalized spacial score (nSPS) is 22.7. The largest absolute Gasteiger partial charge is 0.335 e. The molecule has 1 unspecified atom stereocenters. The highest BCUT2D eigenvalue weighted by atomic mass is 16.2. The van der Waals surface area contributed by atoms with Crippen molar-refractivity contribution in [1.82, 2.24) is 9.88 Å². The van der Waals surface area contributed by atoms with E-state index in [0.29, 0.717) is 5.92 Å². The van der Waals surface area contributed by atoms with Crippen molar-refractivity contribution >= 4 is 5.91 Å². The van der Waals surface area contributed by atoms with Gasteiger partial charge in [0.25, 0.3) is 5.91 Å². The lowest BCUT2D eigenvalue weighted by atomic mass is 9.85. The second-order valence-corrected chi connectivity index (χ2v) is 10.0. The van der Waals surface area contributed by atoms with E-state index in [-0.39, 0.29) is 11.9 Å². The Labute approximate surface area is 197 Å². The molecule has 1 amide bonds. The SMILES string of the molecule is C[C@H](c1ccccc1)[C@H]1CC[C@@H](Cc2ccc(C(=O)N(C)C3CCc4ncccc43)cc2)C1. The Hall–Kier alpha value is -2.94. The molecule has 170 valence electrons. The van der Waals surface area contributed by atoms with E-state index in [1.165, 1.54) is 36.0 Å². The van der Waals surface area contributed by atoms with Crippen LogP contribution in [0.5, 0.6) is 0 Å². The summed E-state index contributed by atoms with van der Waals surface area (Å²) < 4.78 is 0. The molecule has 1 saturated carbocycles. The molecule has 0 bridgehead atoms. The summed E-state index contributed by atoms with van der Waals surface area (Å²) in [6.45, 7) is 2.39. The van der Waals surface area contributed by atoms with E-state index in [0.717, 1.165) is 42.4 Å². The van der Waals surface area contributed by atoms with Crippen molar-refractivity contribution in [1.29, 1.82) is 0 Å². The predicted octanol–water partition coefficient (Wildman–Crippen LogP) is 6.60. The molecule has 5 rings (SSSR count). The van der Waals surface area contributed by atoms with Crippen LogP contribution in [0.25, 0.3) is 0 Å². The van der Waals surface area contributed by atoms with E-state index in [4.69, 9.17) is 0 Å². The van der Waals surface area contributed by atoms with E-state index in [2.05, 4.69) is 60.4 Å². The van der Waals surface area contributed by atoms with Crippen molar-refractivity contribution < 1.29 is 4.79 Å². The number of aromatic nitrogens is 1. The number of benzene rings is 2. The van der Waals surface area contributed by atoms with Crippen LogP contribution in [-0.2, 0) is 12.8 Å². The van der Waals surface area contributed by atoms with Crippen LogP contribution in [0.1, 0.15) is 77.3 Å². The van der Waals surface area contributed by atoms with Crippen molar-refractivity contribution in [2.75, 3.05) is 7.05 Å². The van der Waals surface area contributed by atoms with Gasteiger partial charge in [-0.3, -0.25) is 9.78 Å². The Morgan fingerprint density at radius 2 is 1.79 bits per heavy atom. The van der Waals surface area contributed by atoms with Gasteiger partial charge in [0.15, 0.2) is 0 Å². The molecule has 3 heteroatoms. The molecule has 1 aromatic heterocycles. The minimum atomic E-state index is 0.0980. The average molecular weight is 439 g/mol. The number of rotatable bonds is 6. The first kappa shape index (κ1) is 21.9. The molecule has 1 heterocycles. The molecule has 0 aliphatic heterocycles. The highest BCUT2D eigenvalue weighted by molar-refractivity contribution is 5.94. The fourth-order valence-electron chi connectivity index (χ4n) is 6.04. The van der Waals surface area contributed by atoms with Gasteiger partial charge < -0.3 is 4.90 Å². The average Bonchev–Trinajstić information content (AvgIpc) is 3.51. The quantitative estimate of drug-likeness (QED) is 0.434. The van der Waals surface area contributed by atoms with Crippen molar-refractivity contribution in [3.63, 3.8) is 0 Å². The molecule has 4 atom stereocenters. The predicted molar refractivity (Wildman–Crippen MR) is 133 cm³/mol. The van der Waals surface area contributed by atoms with E-state index in [1.54, 1.807) is 0 Å². The van der Waals surface area contributed by atoms with Gasteiger partial charge in [-0.15, -0.1) is 0 Å². The molecule has 3 nitrogen and oxygen atoms in total. The van der Waals surface area contributed by atoms with E-state index < -0.39 is 0 Å². The lowest BCUT2D eigenvalue weighted by molar-refractivity contribution is 0.0730. The molecule has 2 aliphatic rings. The van der Waals surface area contributed by atoms with Crippen molar-refractivity contribution in [3.8, 4) is 0 Å². The number of hydrogen-bond donors (Lipinski definition) is 0. The van der Waals surface area contributed by atoms with Crippen LogP contribution in [0.3, 0.4) is 0 Å². The van der Waals surface area contributed by atoms with Crippen LogP contribution in [0.15, 0.2) is 72.9 Å². The molecular weight excluding hydrogens is 404 g/mol. The summed E-state index contributed by atoms with van der Waals surface area (Å²) in [5, 5.41) is 0. The molecule has 2 aliphatic carbocycles. The fraction of sp³-hybridized carbons (Fsp3) is 0.400. The van der Waals surface area contributed by atoms with Gasteiger partial charge in [-0.1, -0.05) is 55.5 Å². The Balaban J connectivity index is 1.19. The van der Waals surface area contributed by atoms with Crippen LogP contribution in [0.4, 0.5) is 0 Å². The van der Waals surface area contributed by atoms with Crippen LogP contribution < -0.4 is 0 Å². The number of carbonyl (C=O) groups excluding carboxylic acids is 1. The van der Waals surface area contributed by atoms with Gasteiger partial charge in [-0.05, 0) is 91.2 Å². The van der Waals surface area contributed by atoms with Crippen molar-refractivity contribution in [2.45, 2.75) is 57.4 Å². The Morgan fingerprint density at radius 3 is 2.58 bits per heavy atom. The maximum absolute atomic E-state index is 13.2. The Morgan fingerprint density at radius 1 is 1.00 bits per heavy atom. The van der Waals surface area contributed by atoms with Crippen molar-refractivity contribution in [3.05, 3.63) is 101 Å². The summed E-state index contributed by atoms with van der Waals surface area (Å²) in [7, 11) is 1.93. The van der Waals surface area contributed by atoms with E-state index in [1.807, 2.05) is 36.3 Å². The third-order valence-electron chi connectivity index (χ3n) is 8.07. The summed E-state index contributed by atoms with van der Waals surface area (Å²) in [6.07, 6.45) is 8.79. The number of nitrogens with zero attached hydrogens (tertiary/aromatic N) is 2. The van der Waals surface area contributed by atoms with Crippen LogP contribution >= 0.6 is 0 Å². The molecule has 1 fully saturated rings. The fourth-order valence-corrected chi connectivity index (χ4v) is 6.04. The first-order chi connectivity index (χ1) is 16.1. The number of carbonyl (C=O) groups is 1. The summed E-state index contributed by atoms with van der Waals surface area (Å²) >= 11 is 0. The van der Waals surface area contributed by atoms with E-state index >= 15 is 0 Å². The molecule has 2 aromatic carbocycles. The lowest BCUT2D eigenvalue weighted by Gasteiger charge is -2.25. The zero-order valence-corrected chi connectivity index (χ0v) is 19.8. The monoisotopic (exact) mass is 438 g/mol. The van der Waals surface area contributed by atoms with Gasteiger partial charge in [0.05, 0.1) is 6.04 Å². The highest BCUT2D eigenvalue weighted by Crippen LogP contribution is 2.41. The number of hydrogen-bond acceptors (Lipinski definition) is 2. The third kappa shape index (κ3) is 4.59. The number of aryl methyl sites for hydroxylation is 1. The van der Waals surface area contributed by atoms with Gasteiger partial charge in [0.1, 0.15) is 0 Å². The molecule has 33 heavy (non-hydrogen) atoms. The maximum Gasteiger partial charge on any atom is 0.254 e. The first-order valence-corrected chi connectivity index (χ1v) is 12.4. The molecule has 0 saturated heterocycles. The molecule has 0 radical (unpaired) electrons. The molecule has 3 aromatic rings. The maximum atomic E-state index is 13.2. The highest BCUT2D eigenvalue weighted by Gasteiger charge is 2.31. The Bertz CT molecular complexity index is 1090. The van der Waals surface area contributed by atoms with Gasteiger partial charge >= 0.3 is 0 Å². The van der Waals surface area contributed by atoms with Gasteiger partial charge in [-0.25, -0.2) is 0 Å². The third-order valence-corrected chi connectivity index (χ3v) is 8.07. The Kier molecular flexibility index (Phi) is 6.30. The van der Waals surface area contributed by atoms with Crippen molar-refractivity contribution in [2.24, 2.45) is 11.8 Å². The molecule has 0 N–H and O–H groups in total. The second kappa shape index (κ2) is 9.51. The van der Waals surface area contributed by atoms with Crippen LogP contribution in [0, 0.1) is 11.8 Å². The second-order valence-electron chi connectivity index (χ2n) is 10.0. The molecular formula is C30H34N2O. The zero-order valence-electron chi connectivity index (χ0n) is 19.8. The lowest BCUT2D eigenvalue weighted by Crippen LogP contribution is -2.30. The summed E-state index contributed by atoms with van der Waals surface area (Å²) in [4.78, 5) is 19.5. The minimum absolute atomic E-state index is 0.0980. The summed E-state index contributed by atoms with van der Waals surface area (Å²) in [5.74, 6) is 2.24. The van der Waals surface area contributed by atoms with E-state index in [9.17, 15) is 4.79 Å².